The van der Waals surface area contributed by atoms with Crippen molar-refractivity contribution >= 4 is 32.4 Å². The van der Waals surface area contributed by atoms with Crippen molar-refractivity contribution in [1.82, 2.24) is 0 Å². The molecule has 1 atom stereocenters. The predicted molar refractivity (Wildman–Crippen MR) is 74.4 cm³/mol. The third kappa shape index (κ3) is 3.52. The Balaban J connectivity index is 2.14. The smallest absolute Gasteiger partial charge is 0.257 e. The van der Waals surface area contributed by atoms with Gasteiger partial charge in [0.2, 0.25) is 0 Å². The molecular weight excluding hydrogens is 270 g/mol. The summed E-state index contributed by atoms with van der Waals surface area (Å²) in [5, 5.41) is 1.18. The lowest BCUT2D eigenvalue weighted by Gasteiger charge is -2.11. The molecule has 1 heterocycles. The number of thiol groups is 1. The summed E-state index contributed by atoms with van der Waals surface area (Å²) in [4.78, 5) is 1.12. The van der Waals surface area contributed by atoms with Gasteiger partial charge in [-0.3, -0.25) is 4.18 Å². The molecule has 1 aromatic carbocycles. The maximum atomic E-state index is 10.6. The molecule has 0 bridgehead atoms. The monoisotopic (exact) mass is 285 g/mol. The molecule has 0 fully saturated rings. The molecule has 0 spiro atoms. The number of hydrogen-bond acceptors (Lipinski definition) is 5. The highest BCUT2D eigenvalue weighted by Gasteiger charge is 2.12. The lowest BCUT2D eigenvalue weighted by Crippen LogP contribution is -2.19. The molecule has 98 valence electrons. The molecule has 2 aromatic rings. The number of thiophene rings is 1. The Morgan fingerprint density at radius 1 is 1.33 bits per heavy atom. The first-order valence-electron chi connectivity index (χ1n) is 5.67. The van der Waals surface area contributed by atoms with E-state index in [1.165, 1.54) is 10.1 Å². The van der Waals surface area contributed by atoms with Gasteiger partial charge in [-0.15, -0.1) is 11.3 Å². The minimum absolute atomic E-state index is 0.357. The summed E-state index contributed by atoms with van der Waals surface area (Å²) in [5.41, 5.74) is 5.46. The molecule has 0 saturated carbocycles. The third-order valence-electron chi connectivity index (χ3n) is 2.63. The fraction of sp³-hybridized carbons (Fsp3) is 0.333. The fourth-order valence-corrected chi connectivity index (χ4v) is 3.41. The Kier molecular flexibility index (Phi) is 4.71. The SMILES string of the molecule is NCCC(Cc1cc2ccccc2s1)O[SH](=O)=O. The first-order chi connectivity index (χ1) is 8.69. The van der Waals surface area contributed by atoms with Gasteiger partial charge < -0.3 is 5.73 Å². The zero-order valence-electron chi connectivity index (χ0n) is 9.74. The summed E-state index contributed by atoms with van der Waals surface area (Å²) >= 11 is 1.66. The van der Waals surface area contributed by atoms with Crippen molar-refractivity contribution in [2.45, 2.75) is 18.9 Å². The summed E-state index contributed by atoms with van der Waals surface area (Å²) in [6.45, 7) is 0.415. The van der Waals surface area contributed by atoms with Crippen LogP contribution in [0.15, 0.2) is 30.3 Å². The number of benzene rings is 1. The van der Waals surface area contributed by atoms with Crippen molar-refractivity contribution in [1.29, 1.82) is 0 Å². The Bertz CT molecular complexity index is 551. The largest absolute Gasteiger partial charge is 0.330 e. The van der Waals surface area contributed by atoms with Crippen LogP contribution in [0.3, 0.4) is 0 Å². The van der Waals surface area contributed by atoms with Gasteiger partial charge in [0.25, 0.3) is 11.0 Å². The van der Waals surface area contributed by atoms with Gasteiger partial charge >= 0.3 is 0 Å². The Morgan fingerprint density at radius 2 is 2.11 bits per heavy atom. The fourth-order valence-electron chi connectivity index (χ4n) is 1.86. The number of hydrogen-bond donors (Lipinski definition) is 2. The van der Waals surface area contributed by atoms with Crippen molar-refractivity contribution in [3.05, 3.63) is 35.2 Å². The van der Waals surface area contributed by atoms with Crippen LogP contribution in [0.2, 0.25) is 0 Å². The maximum absolute atomic E-state index is 10.6. The number of nitrogens with two attached hydrogens (primary N) is 1. The van der Waals surface area contributed by atoms with Gasteiger partial charge in [0, 0.05) is 16.0 Å². The average molecular weight is 285 g/mol. The van der Waals surface area contributed by atoms with E-state index in [0.29, 0.717) is 19.4 Å². The Hall–Kier alpha value is -0.950. The van der Waals surface area contributed by atoms with E-state index < -0.39 is 11.0 Å². The van der Waals surface area contributed by atoms with E-state index in [9.17, 15) is 8.42 Å². The summed E-state index contributed by atoms with van der Waals surface area (Å²) in [7, 11) is -2.82. The lowest BCUT2D eigenvalue weighted by atomic mass is 10.1. The molecule has 0 saturated heterocycles. The van der Waals surface area contributed by atoms with Crippen LogP contribution in [0.5, 0.6) is 0 Å². The van der Waals surface area contributed by atoms with Crippen molar-refractivity contribution < 1.29 is 12.6 Å². The second kappa shape index (κ2) is 6.29. The van der Waals surface area contributed by atoms with Gasteiger partial charge in [0.15, 0.2) is 0 Å². The molecule has 2 rings (SSSR count). The molecule has 2 N–H and O–H groups in total. The quantitative estimate of drug-likeness (QED) is 0.793. The Morgan fingerprint density at radius 3 is 2.78 bits per heavy atom. The van der Waals surface area contributed by atoms with E-state index in [1.807, 2.05) is 18.2 Å². The minimum Gasteiger partial charge on any atom is -0.330 e. The molecule has 0 aliphatic rings. The Labute approximate surface area is 112 Å². The molecule has 0 aliphatic carbocycles. The van der Waals surface area contributed by atoms with E-state index >= 15 is 0 Å². The van der Waals surface area contributed by atoms with Gasteiger partial charge in [-0.2, -0.15) is 0 Å². The van der Waals surface area contributed by atoms with Crippen LogP contribution in [-0.2, 0) is 21.6 Å². The van der Waals surface area contributed by atoms with Gasteiger partial charge in [0.05, 0.1) is 6.10 Å². The minimum atomic E-state index is -2.82. The summed E-state index contributed by atoms with van der Waals surface area (Å²) in [5.74, 6) is 0. The van der Waals surface area contributed by atoms with Crippen LogP contribution in [0.4, 0.5) is 0 Å². The van der Waals surface area contributed by atoms with Gasteiger partial charge in [0.1, 0.15) is 0 Å². The summed E-state index contributed by atoms with van der Waals surface area (Å²) in [6, 6.07) is 10.1. The second-order valence-corrected chi connectivity index (χ2v) is 5.81. The van der Waals surface area contributed by atoms with E-state index in [2.05, 4.69) is 12.1 Å². The predicted octanol–water partition coefficient (Wildman–Crippen LogP) is 1.70. The summed E-state index contributed by atoms with van der Waals surface area (Å²) < 4.78 is 27.3. The van der Waals surface area contributed by atoms with E-state index in [4.69, 9.17) is 9.92 Å². The van der Waals surface area contributed by atoms with Crippen LogP contribution >= 0.6 is 11.3 Å². The topological polar surface area (TPSA) is 69.4 Å². The maximum Gasteiger partial charge on any atom is 0.257 e. The number of fused-ring (bicyclic) bond motifs is 1. The second-order valence-electron chi connectivity index (χ2n) is 3.98. The van der Waals surface area contributed by atoms with Crippen molar-refractivity contribution in [2.75, 3.05) is 6.54 Å². The van der Waals surface area contributed by atoms with Crippen molar-refractivity contribution in [2.24, 2.45) is 5.73 Å². The van der Waals surface area contributed by atoms with Crippen LogP contribution in [0.1, 0.15) is 11.3 Å². The van der Waals surface area contributed by atoms with Crippen molar-refractivity contribution in [3.8, 4) is 0 Å². The molecule has 0 amide bonds. The van der Waals surface area contributed by atoms with Crippen LogP contribution in [0.25, 0.3) is 10.1 Å². The summed E-state index contributed by atoms with van der Waals surface area (Å²) in [6.07, 6.45) is 0.765. The standard InChI is InChI=1S/C12H15NO3S2/c13-6-5-10(16-18(14)15)8-11-7-9-3-1-2-4-12(9)17-11/h1-4,7,10,18H,5-6,8,13H2. The molecule has 1 unspecified atom stereocenters. The lowest BCUT2D eigenvalue weighted by molar-refractivity contribution is 0.212. The molecular formula is C12H15NO3S2. The first-order valence-corrected chi connectivity index (χ1v) is 7.59. The van der Waals surface area contributed by atoms with Gasteiger partial charge in [-0.25, -0.2) is 8.42 Å². The van der Waals surface area contributed by atoms with Gasteiger partial charge in [-0.1, -0.05) is 18.2 Å². The molecule has 4 nitrogen and oxygen atoms in total. The van der Waals surface area contributed by atoms with Crippen LogP contribution < -0.4 is 5.73 Å². The van der Waals surface area contributed by atoms with Crippen molar-refractivity contribution in [3.63, 3.8) is 0 Å². The zero-order chi connectivity index (χ0) is 13.0. The molecule has 0 aliphatic heterocycles. The molecule has 18 heavy (non-hydrogen) atoms. The molecule has 6 heteroatoms. The van der Waals surface area contributed by atoms with E-state index in [0.717, 1.165) is 4.88 Å². The van der Waals surface area contributed by atoms with E-state index in [1.54, 1.807) is 11.3 Å². The molecule has 0 radical (unpaired) electrons. The van der Waals surface area contributed by atoms with Crippen LogP contribution in [-0.4, -0.2) is 21.1 Å². The molecule has 1 aromatic heterocycles. The van der Waals surface area contributed by atoms with Gasteiger partial charge in [-0.05, 0) is 30.5 Å². The third-order valence-corrected chi connectivity index (χ3v) is 4.24. The van der Waals surface area contributed by atoms with E-state index in [-0.39, 0.29) is 6.10 Å². The number of rotatable bonds is 6. The zero-order valence-corrected chi connectivity index (χ0v) is 11.5. The van der Waals surface area contributed by atoms with Crippen LogP contribution in [0, 0.1) is 0 Å². The highest BCUT2D eigenvalue weighted by Crippen LogP contribution is 2.26. The average Bonchev–Trinajstić information content (AvgIpc) is 2.70. The normalized spacial score (nSPS) is 13.2. The highest BCUT2D eigenvalue weighted by molar-refractivity contribution is 7.67. The first kappa shape index (κ1) is 13.5. The highest BCUT2D eigenvalue weighted by atomic mass is 32.2.